The lowest BCUT2D eigenvalue weighted by Crippen LogP contribution is -2.00. The highest BCUT2D eigenvalue weighted by Crippen LogP contribution is 2.34. The summed E-state index contributed by atoms with van der Waals surface area (Å²) in [6, 6.07) is 56.2. The lowest BCUT2D eigenvalue weighted by molar-refractivity contribution is 1.07. The summed E-state index contributed by atoms with van der Waals surface area (Å²) in [6.07, 6.45) is 1.95. The minimum absolute atomic E-state index is 0.618. The Bertz CT molecular complexity index is 2220. The summed E-state index contributed by atoms with van der Waals surface area (Å²) < 4.78 is 0. The van der Waals surface area contributed by atoms with Gasteiger partial charge in [-0.2, -0.15) is 0 Å². The molecule has 0 saturated heterocycles. The third-order valence-electron chi connectivity index (χ3n) is 8.14. The molecule has 8 rings (SSSR count). The van der Waals surface area contributed by atoms with Gasteiger partial charge in [0.2, 0.25) is 0 Å². The zero-order valence-corrected chi connectivity index (χ0v) is 25.0. The molecule has 0 bridgehead atoms. The minimum Gasteiger partial charge on any atom is -0.256 e. The number of hydrogen-bond donors (Lipinski definition) is 0. The molecule has 0 aliphatic rings. The largest absolute Gasteiger partial charge is 0.256 e. The van der Waals surface area contributed by atoms with Crippen LogP contribution in [-0.2, 0) is 0 Å². The molecular formula is C42H28N4. The Balaban J connectivity index is 1.26. The molecule has 0 spiro atoms. The molecule has 2 heterocycles. The highest BCUT2D eigenvalue weighted by Gasteiger charge is 2.15. The van der Waals surface area contributed by atoms with Gasteiger partial charge >= 0.3 is 0 Å². The summed E-state index contributed by atoms with van der Waals surface area (Å²) in [4.78, 5) is 19.8. The van der Waals surface area contributed by atoms with Crippen LogP contribution in [0.5, 0.6) is 0 Å². The van der Waals surface area contributed by atoms with Crippen LogP contribution in [-0.4, -0.2) is 19.9 Å². The van der Waals surface area contributed by atoms with Crippen LogP contribution >= 0.6 is 0 Å². The average molecular weight is 589 g/mol. The van der Waals surface area contributed by atoms with Gasteiger partial charge in [0.05, 0.1) is 5.69 Å². The van der Waals surface area contributed by atoms with E-state index in [1.807, 2.05) is 72.9 Å². The van der Waals surface area contributed by atoms with Crippen LogP contribution in [0.1, 0.15) is 0 Å². The first-order valence-corrected chi connectivity index (χ1v) is 15.3. The van der Waals surface area contributed by atoms with E-state index >= 15 is 0 Å². The second-order valence-electron chi connectivity index (χ2n) is 11.2. The first kappa shape index (κ1) is 27.3. The third-order valence-corrected chi connectivity index (χ3v) is 8.14. The molecule has 0 saturated carbocycles. The van der Waals surface area contributed by atoms with Gasteiger partial charge in [-0.1, -0.05) is 133 Å². The average Bonchev–Trinajstić information content (AvgIpc) is 3.15. The van der Waals surface area contributed by atoms with Crippen LogP contribution in [0.3, 0.4) is 0 Å². The summed E-state index contributed by atoms with van der Waals surface area (Å²) in [6.45, 7) is 0. The summed E-state index contributed by atoms with van der Waals surface area (Å²) in [5.74, 6) is 1.89. The normalized spacial score (nSPS) is 11.0. The van der Waals surface area contributed by atoms with Crippen molar-refractivity contribution in [2.24, 2.45) is 0 Å². The van der Waals surface area contributed by atoms with E-state index in [1.54, 1.807) is 0 Å². The smallest absolute Gasteiger partial charge is 0.164 e. The van der Waals surface area contributed by atoms with Crippen LogP contribution in [0.25, 0.3) is 78.4 Å². The van der Waals surface area contributed by atoms with Crippen molar-refractivity contribution in [2.45, 2.75) is 0 Å². The van der Waals surface area contributed by atoms with Gasteiger partial charge in [-0.25, -0.2) is 15.0 Å². The minimum atomic E-state index is 0.618. The molecular weight excluding hydrogens is 560 g/mol. The molecule has 2 aromatic heterocycles. The molecule has 0 N–H and O–H groups in total. The van der Waals surface area contributed by atoms with Crippen LogP contribution in [0, 0.1) is 0 Å². The monoisotopic (exact) mass is 588 g/mol. The molecule has 0 aliphatic heterocycles. The number of nitrogens with zero attached hydrogens (tertiary/aromatic N) is 4. The molecule has 8 aromatic rings. The van der Waals surface area contributed by atoms with Crippen molar-refractivity contribution in [1.29, 1.82) is 0 Å². The molecule has 4 heteroatoms. The third kappa shape index (κ3) is 5.56. The first-order valence-electron chi connectivity index (χ1n) is 15.3. The molecule has 0 unspecified atom stereocenters. The van der Waals surface area contributed by atoms with Gasteiger partial charge in [0.1, 0.15) is 0 Å². The van der Waals surface area contributed by atoms with Crippen LogP contribution in [0.15, 0.2) is 170 Å². The van der Waals surface area contributed by atoms with Gasteiger partial charge in [-0.15, -0.1) is 0 Å². The Kier molecular flexibility index (Phi) is 7.14. The second kappa shape index (κ2) is 12.0. The predicted molar refractivity (Wildman–Crippen MR) is 188 cm³/mol. The maximum Gasteiger partial charge on any atom is 0.164 e. The number of benzene rings is 6. The molecule has 0 amide bonds. The number of hydrogen-bond acceptors (Lipinski definition) is 4. The maximum atomic E-state index is 5.01. The van der Waals surface area contributed by atoms with E-state index in [0.29, 0.717) is 17.5 Å². The fourth-order valence-electron chi connectivity index (χ4n) is 5.74. The topological polar surface area (TPSA) is 51.6 Å². The molecule has 0 atom stereocenters. The van der Waals surface area contributed by atoms with E-state index in [0.717, 1.165) is 50.2 Å². The lowest BCUT2D eigenvalue weighted by Gasteiger charge is -2.13. The molecule has 46 heavy (non-hydrogen) atoms. The van der Waals surface area contributed by atoms with Crippen molar-refractivity contribution in [3.63, 3.8) is 0 Å². The number of aromatic nitrogens is 4. The number of fused-ring (bicyclic) bond motifs is 1. The van der Waals surface area contributed by atoms with Gasteiger partial charge in [-0.05, 0) is 57.8 Å². The van der Waals surface area contributed by atoms with Crippen LogP contribution in [0.2, 0.25) is 0 Å². The summed E-state index contributed by atoms with van der Waals surface area (Å²) in [5, 5.41) is 2.42. The van der Waals surface area contributed by atoms with E-state index in [2.05, 4.69) is 97.1 Å². The Morgan fingerprint density at radius 2 is 0.761 bits per heavy atom. The van der Waals surface area contributed by atoms with Crippen molar-refractivity contribution in [3.8, 4) is 67.7 Å². The van der Waals surface area contributed by atoms with E-state index in [1.165, 1.54) is 10.8 Å². The molecule has 0 fully saturated rings. The lowest BCUT2D eigenvalue weighted by atomic mass is 9.96. The quantitative estimate of drug-likeness (QED) is 0.194. The zero-order valence-electron chi connectivity index (χ0n) is 25.0. The predicted octanol–water partition coefficient (Wildman–Crippen LogP) is 10.4. The van der Waals surface area contributed by atoms with Crippen molar-refractivity contribution >= 4 is 10.8 Å². The second-order valence-corrected chi connectivity index (χ2v) is 11.2. The number of rotatable bonds is 6. The van der Waals surface area contributed by atoms with Gasteiger partial charge in [0.25, 0.3) is 0 Å². The Labute approximate surface area is 267 Å². The van der Waals surface area contributed by atoms with E-state index in [-0.39, 0.29) is 0 Å². The van der Waals surface area contributed by atoms with Gasteiger partial charge in [0, 0.05) is 34.0 Å². The SMILES string of the molecule is c1ccc(-c2cc(-c3ccc(-c4ccc5ccccc5c4)nc3)cc(-c3nc(-c4ccccc4)nc(-c4ccccc4)n3)c2)cc1. The van der Waals surface area contributed by atoms with Gasteiger partial charge in [0.15, 0.2) is 17.5 Å². The highest BCUT2D eigenvalue weighted by atomic mass is 15.0. The van der Waals surface area contributed by atoms with Gasteiger partial charge in [-0.3, -0.25) is 4.98 Å². The fraction of sp³-hybridized carbons (Fsp3) is 0. The van der Waals surface area contributed by atoms with Crippen molar-refractivity contribution in [1.82, 2.24) is 19.9 Å². The molecule has 0 radical (unpaired) electrons. The molecule has 0 aliphatic carbocycles. The van der Waals surface area contributed by atoms with Crippen molar-refractivity contribution in [2.75, 3.05) is 0 Å². The summed E-state index contributed by atoms with van der Waals surface area (Å²) in [5.41, 5.74) is 9.07. The van der Waals surface area contributed by atoms with E-state index in [4.69, 9.17) is 19.9 Å². The molecule has 6 aromatic carbocycles. The number of pyridine rings is 1. The van der Waals surface area contributed by atoms with Gasteiger partial charge < -0.3 is 0 Å². The highest BCUT2D eigenvalue weighted by molar-refractivity contribution is 5.87. The van der Waals surface area contributed by atoms with Crippen molar-refractivity contribution in [3.05, 3.63) is 170 Å². The zero-order chi connectivity index (χ0) is 30.7. The fourth-order valence-corrected chi connectivity index (χ4v) is 5.74. The summed E-state index contributed by atoms with van der Waals surface area (Å²) >= 11 is 0. The summed E-state index contributed by atoms with van der Waals surface area (Å²) in [7, 11) is 0. The van der Waals surface area contributed by atoms with E-state index < -0.39 is 0 Å². The molecule has 4 nitrogen and oxygen atoms in total. The Morgan fingerprint density at radius 3 is 1.35 bits per heavy atom. The Morgan fingerprint density at radius 1 is 0.283 bits per heavy atom. The molecule has 216 valence electrons. The standard InChI is InChI=1S/C42H28N4/c1-4-12-29(13-5-1)36-25-37(35-22-23-39(43-28-35)34-21-20-30-14-10-11-19-33(30)24-34)27-38(26-36)42-45-40(31-15-6-2-7-16-31)44-41(46-42)32-17-8-3-9-18-32/h1-28H. The van der Waals surface area contributed by atoms with Crippen LogP contribution in [0.4, 0.5) is 0 Å². The van der Waals surface area contributed by atoms with Crippen LogP contribution < -0.4 is 0 Å². The van der Waals surface area contributed by atoms with Crippen molar-refractivity contribution < 1.29 is 0 Å². The van der Waals surface area contributed by atoms with E-state index in [9.17, 15) is 0 Å². The Hall–Kier alpha value is -6.26. The maximum absolute atomic E-state index is 5.01. The first-order chi connectivity index (χ1) is 22.8.